The van der Waals surface area contributed by atoms with Crippen LogP contribution in [0.4, 0.5) is 0 Å². The number of carbonyl (C=O) groups excluding carboxylic acids is 2. The summed E-state index contributed by atoms with van der Waals surface area (Å²) in [6.45, 7) is 8.58. The molecular weight excluding hydrogens is 508 g/mol. The van der Waals surface area contributed by atoms with E-state index < -0.39 is 12.1 Å². The molecule has 8 nitrogen and oxygen atoms in total. The largest absolute Gasteiger partial charge is 0.348 e. The van der Waals surface area contributed by atoms with Gasteiger partial charge in [-0.05, 0) is 61.4 Å². The second-order valence-electron chi connectivity index (χ2n) is 10.4. The number of hydrogen-bond donors (Lipinski definition) is 1. The topological polar surface area (TPSA) is 93.0 Å². The molecule has 5 rings (SSSR count). The van der Waals surface area contributed by atoms with E-state index in [1.165, 1.54) is 0 Å². The van der Waals surface area contributed by atoms with E-state index in [1.54, 1.807) is 39.5 Å². The number of rotatable bonds is 8. The molecular formula is C30H34N6O2S. The summed E-state index contributed by atoms with van der Waals surface area (Å²) in [7, 11) is 0. The summed E-state index contributed by atoms with van der Waals surface area (Å²) in [5.74, 6) is -0.174. The first kappa shape index (κ1) is 26.7. The molecule has 1 unspecified atom stereocenters. The summed E-state index contributed by atoms with van der Waals surface area (Å²) in [6, 6.07) is 10.9. The molecule has 1 aromatic carbocycles. The third-order valence-corrected chi connectivity index (χ3v) is 8.38. The molecule has 1 aliphatic heterocycles. The lowest BCUT2D eigenvalue weighted by Gasteiger charge is -2.30. The fourth-order valence-electron chi connectivity index (χ4n) is 5.26. The first-order valence-electron chi connectivity index (χ1n) is 13.4. The van der Waals surface area contributed by atoms with Crippen LogP contribution in [0.25, 0.3) is 21.6 Å². The maximum Gasteiger partial charge on any atom is 0.248 e. The minimum atomic E-state index is -0.492. The molecule has 0 bridgehead atoms. The highest BCUT2D eigenvalue weighted by Crippen LogP contribution is 2.30. The van der Waals surface area contributed by atoms with Crippen LogP contribution in [0.3, 0.4) is 0 Å². The molecule has 1 aliphatic rings. The molecule has 2 amide bonds. The Balaban J connectivity index is 1.28. The van der Waals surface area contributed by atoms with Crippen LogP contribution in [0, 0.1) is 12.8 Å². The van der Waals surface area contributed by atoms with Crippen molar-refractivity contribution >= 4 is 23.2 Å². The molecule has 202 valence electrons. The van der Waals surface area contributed by atoms with Gasteiger partial charge in [0, 0.05) is 30.7 Å². The van der Waals surface area contributed by atoms with Gasteiger partial charge in [-0.1, -0.05) is 38.1 Å². The number of carbonyl (C=O) groups is 2. The standard InChI is InChI=1S/C30H34N6O2S/c1-19(2)27(36-17-25(16-33-36)23-11-13-31-14-12-23)30(38)35-15-5-6-26(35)29(37)34-20(3)22-7-9-24(10-8-22)28-21(4)32-18-39-28/h7-14,16-20,26-27H,5-6,15H2,1-4H3,(H,34,37)/t20-,26-,27?/m0/s1. The van der Waals surface area contributed by atoms with Gasteiger partial charge in [0.2, 0.25) is 11.8 Å². The first-order chi connectivity index (χ1) is 18.8. The van der Waals surface area contributed by atoms with Gasteiger partial charge in [0.1, 0.15) is 12.1 Å². The third kappa shape index (κ3) is 5.63. The average Bonchev–Trinajstić information content (AvgIpc) is 3.70. The van der Waals surface area contributed by atoms with E-state index in [0.29, 0.717) is 13.0 Å². The minimum Gasteiger partial charge on any atom is -0.348 e. The van der Waals surface area contributed by atoms with Crippen molar-refractivity contribution in [2.24, 2.45) is 5.92 Å². The highest BCUT2D eigenvalue weighted by atomic mass is 32.1. The molecule has 0 spiro atoms. The molecule has 0 radical (unpaired) electrons. The minimum absolute atomic E-state index is 0.00613. The van der Waals surface area contributed by atoms with Crippen LogP contribution >= 0.6 is 11.3 Å². The van der Waals surface area contributed by atoms with Crippen molar-refractivity contribution in [3.63, 3.8) is 0 Å². The number of amides is 2. The molecule has 39 heavy (non-hydrogen) atoms. The lowest BCUT2D eigenvalue weighted by Crippen LogP contribution is -2.49. The van der Waals surface area contributed by atoms with Gasteiger partial charge in [-0.2, -0.15) is 5.10 Å². The number of thiazole rings is 1. The normalized spacial score (nSPS) is 16.8. The maximum absolute atomic E-state index is 13.9. The number of hydrogen-bond acceptors (Lipinski definition) is 6. The summed E-state index contributed by atoms with van der Waals surface area (Å²) < 4.78 is 1.74. The van der Waals surface area contributed by atoms with E-state index in [2.05, 4.69) is 32.5 Å². The molecule has 1 N–H and O–H groups in total. The Bertz CT molecular complexity index is 1430. The fourth-order valence-corrected chi connectivity index (χ4v) is 6.07. The summed E-state index contributed by atoms with van der Waals surface area (Å²) in [6.07, 6.45) is 8.61. The molecule has 0 saturated carbocycles. The number of aromatic nitrogens is 4. The Morgan fingerprint density at radius 3 is 2.44 bits per heavy atom. The molecule has 4 aromatic rings. The molecule has 1 saturated heterocycles. The highest BCUT2D eigenvalue weighted by Gasteiger charge is 2.39. The summed E-state index contributed by atoms with van der Waals surface area (Å²) in [5, 5.41) is 7.69. The Hall–Kier alpha value is -3.85. The van der Waals surface area contributed by atoms with Crippen molar-refractivity contribution in [2.45, 2.75) is 58.7 Å². The fraction of sp³-hybridized carbons (Fsp3) is 0.367. The number of pyridine rings is 1. The van der Waals surface area contributed by atoms with Gasteiger partial charge < -0.3 is 10.2 Å². The van der Waals surface area contributed by atoms with Gasteiger partial charge in [0.25, 0.3) is 0 Å². The van der Waals surface area contributed by atoms with Crippen molar-refractivity contribution in [3.05, 3.63) is 78.0 Å². The monoisotopic (exact) mass is 542 g/mol. The lowest BCUT2D eigenvalue weighted by molar-refractivity contribution is -0.142. The van der Waals surface area contributed by atoms with Gasteiger partial charge in [0.05, 0.1) is 28.3 Å². The lowest BCUT2D eigenvalue weighted by atomic mass is 10.0. The SMILES string of the molecule is Cc1ncsc1-c1ccc([C@H](C)NC(=O)[C@@H]2CCCN2C(=O)C(C(C)C)n2cc(-c3ccncc3)cn2)cc1. The van der Waals surface area contributed by atoms with Crippen LogP contribution in [-0.2, 0) is 9.59 Å². The van der Waals surface area contributed by atoms with Crippen LogP contribution in [0.2, 0.25) is 0 Å². The Kier molecular flexibility index (Phi) is 7.88. The number of benzene rings is 1. The Morgan fingerprint density at radius 1 is 1.03 bits per heavy atom. The number of aryl methyl sites for hydroxylation is 1. The van der Waals surface area contributed by atoms with Gasteiger partial charge in [-0.3, -0.25) is 19.3 Å². The van der Waals surface area contributed by atoms with Crippen molar-refractivity contribution in [1.29, 1.82) is 0 Å². The Labute approximate surface area is 233 Å². The van der Waals surface area contributed by atoms with Crippen molar-refractivity contribution < 1.29 is 9.59 Å². The molecule has 9 heteroatoms. The zero-order valence-electron chi connectivity index (χ0n) is 22.7. The smallest absolute Gasteiger partial charge is 0.248 e. The average molecular weight is 543 g/mol. The first-order valence-corrected chi connectivity index (χ1v) is 14.3. The highest BCUT2D eigenvalue weighted by molar-refractivity contribution is 7.13. The van der Waals surface area contributed by atoms with E-state index in [-0.39, 0.29) is 23.8 Å². The second kappa shape index (κ2) is 11.5. The second-order valence-corrected chi connectivity index (χ2v) is 11.3. The summed E-state index contributed by atoms with van der Waals surface area (Å²) in [4.78, 5) is 38.6. The van der Waals surface area contributed by atoms with Crippen LogP contribution in [-0.4, -0.2) is 49.0 Å². The maximum atomic E-state index is 13.9. The van der Waals surface area contributed by atoms with Crippen molar-refractivity contribution in [3.8, 4) is 21.6 Å². The Morgan fingerprint density at radius 2 is 1.77 bits per heavy atom. The predicted molar refractivity (Wildman–Crippen MR) is 153 cm³/mol. The zero-order valence-corrected chi connectivity index (χ0v) is 23.6. The van der Waals surface area contributed by atoms with E-state index in [9.17, 15) is 9.59 Å². The van der Waals surface area contributed by atoms with Crippen molar-refractivity contribution in [1.82, 2.24) is 30.0 Å². The number of nitrogens with one attached hydrogen (secondary N) is 1. The summed E-state index contributed by atoms with van der Waals surface area (Å²) in [5.41, 5.74) is 6.93. The molecule has 4 heterocycles. The molecule has 1 fully saturated rings. The predicted octanol–water partition coefficient (Wildman–Crippen LogP) is 5.44. The zero-order chi connectivity index (χ0) is 27.5. The van der Waals surface area contributed by atoms with Gasteiger partial charge >= 0.3 is 0 Å². The third-order valence-electron chi connectivity index (χ3n) is 7.40. The van der Waals surface area contributed by atoms with E-state index in [4.69, 9.17) is 0 Å². The molecule has 3 atom stereocenters. The van der Waals surface area contributed by atoms with Crippen LogP contribution < -0.4 is 5.32 Å². The number of likely N-dealkylation sites (tertiary alicyclic amines) is 1. The van der Waals surface area contributed by atoms with E-state index in [0.717, 1.165) is 39.2 Å². The molecule has 0 aliphatic carbocycles. The van der Waals surface area contributed by atoms with Crippen LogP contribution in [0.5, 0.6) is 0 Å². The quantitative estimate of drug-likeness (QED) is 0.320. The van der Waals surface area contributed by atoms with Gasteiger partial charge in [0.15, 0.2) is 0 Å². The van der Waals surface area contributed by atoms with Crippen molar-refractivity contribution in [2.75, 3.05) is 6.54 Å². The van der Waals surface area contributed by atoms with Gasteiger partial charge in [-0.15, -0.1) is 11.3 Å². The van der Waals surface area contributed by atoms with E-state index in [1.807, 2.05) is 63.7 Å². The van der Waals surface area contributed by atoms with E-state index >= 15 is 0 Å². The van der Waals surface area contributed by atoms with Crippen LogP contribution in [0.1, 0.15) is 57.0 Å². The summed E-state index contributed by atoms with van der Waals surface area (Å²) >= 11 is 1.62. The number of nitrogens with zero attached hydrogens (tertiary/aromatic N) is 5. The van der Waals surface area contributed by atoms with Crippen LogP contribution in [0.15, 0.2) is 66.7 Å². The molecule has 3 aromatic heterocycles. The van der Waals surface area contributed by atoms with Gasteiger partial charge in [-0.25, -0.2) is 4.98 Å².